The smallest absolute Gasteiger partial charge is 0.274 e. The summed E-state index contributed by atoms with van der Waals surface area (Å²) in [5.41, 5.74) is 2.43. The van der Waals surface area contributed by atoms with Crippen molar-refractivity contribution in [3.63, 3.8) is 0 Å². The van der Waals surface area contributed by atoms with E-state index in [0.29, 0.717) is 35.5 Å². The van der Waals surface area contributed by atoms with Crippen LogP contribution in [-0.4, -0.2) is 19.6 Å². The first-order valence-corrected chi connectivity index (χ1v) is 8.81. The molecule has 0 bridgehead atoms. The molecule has 2 heterocycles. The number of anilines is 2. The fourth-order valence-corrected chi connectivity index (χ4v) is 2.76. The van der Waals surface area contributed by atoms with Crippen molar-refractivity contribution < 1.29 is 0 Å². The lowest BCUT2D eigenvalue weighted by Gasteiger charge is -2.05. The Morgan fingerprint density at radius 2 is 1.74 bits per heavy atom. The average molecular weight is 381 g/mol. The lowest BCUT2D eigenvalue weighted by molar-refractivity contribution is 0.874. The van der Waals surface area contributed by atoms with Crippen molar-refractivity contribution in [2.45, 2.75) is 13.1 Å². The molecule has 2 aromatic heterocycles. The fourth-order valence-electron chi connectivity index (χ4n) is 2.63. The minimum absolute atomic E-state index is 0.211. The zero-order chi connectivity index (χ0) is 18.6. The molecule has 0 saturated carbocycles. The highest BCUT2D eigenvalue weighted by Crippen LogP contribution is 2.11. The molecule has 0 radical (unpaired) electrons. The molecule has 0 fully saturated rings. The number of aromatic amines is 1. The number of halogens is 1. The average Bonchev–Trinajstić information content (AvgIpc) is 3.10. The Morgan fingerprint density at radius 1 is 0.963 bits per heavy atom. The minimum atomic E-state index is -0.211. The fraction of sp³-hybridized carbons (Fsp3) is 0.105. The normalized spacial score (nSPS) is 10.9. The molecule has 0 aliphatic rings. The summed E-state index contributed by atoms with van der Waals surface area (Å²) in [6, 6.07) is 18.8. The van der Waals surface area contributed by atoms with E-state index in [1.165, 1.54) is 10.6 Å². The van der Waals surface area contributed by atoms with E-state index in [1.807, 2.05) is 54.6 Å². The number of hydrogen-bond acceptors (Lipinski definition) is 5. The minimum Gasteiger partial charge on any atom is -0.379 e. The Labute approximate surface area is 160 Å². The van der Waals surface area contributed by atoms with Crippen LogP contribution in [0.3, 0.4) is 0 Å². The van der Waals surface area contributed by atoms with Crippen molar-refractivity contribution >= 4 is 29.0 Å². The van der Waals surface area contributed by atoms with Gasteiger partial charge in [0.05, 0.1) is 12.2 Å². The molecule has 2 aromatic carbocycles. The molecule has 4 aromatic rings. The van der Waals surface area contributed by atoms with Gasteiger partial charge in [0, 0.05) is 23.3 Å². The number of nitrogens with one attached hydrogen (secondary N) is 3. The third-order valence-electron chi connectivity index (χ3n) is 4.00. The third kappa shape index (κ3) is 4.09. The number of benzene rings is 2. The second-order valence-corrected chi connectivity index (χ2v) is 6.43. The van der Waals surface area contributed by atoms with Gasteiger partial charge in [0.2, 0.25) is 5.95 Å². The summed E-state index contributed by atoms with van der Waals surface area (Å²) in [5, 5.41) is 9.99. The predicted molar refractivity (Wildman–Crippen MR) is 106 cm³/mol. The number of nitrogens with zero attached hydrogens (tertiary/aromatic N) is 3. The van der Waals surface area contributed by atoms with Crippen molar-refractivity contribution in [1.82, 2.24) is 19.6 Å². The zero-order valence-corrected chi connectivity index (χ0v) is 15.1. The number of aromatic nitrogens is 4. The van der Waals surface area contributed by atoms with Gasteiger partial charge in [-0.1, -0.05) is 41.9 Å². The molecule has 0 saturated heterocycles. The molecule has 0 spiro atoms. The van der Waals surface area contributed by atoms with Gasteiger partial charge in [-0.05, 0) is 29.8 Å². The van der Waals surface area contributed by atoms with Gasteiger partial charge in [0.25, 0.3) is 11.3 Å². The lowest BCUT2D eigenvalue weighted by atomic mass is 10.2. The van der Waals surface area contributed by atoms with Gasteiger partial charge in [-0.25, -0.2) is 4.98 Å². The van der Waals surface area contributed by atoms with Crippen LogP contribution in [0.2, 0.25) is 5.02 Å². The van der Waals surface area contributed by atoms with Crippen LogP contribution in [-0.2, 0) is 13.1 Å². The largest absolute Gasteiger partial charge is 0.379 e. The molecule has 4 rings (SSSR count). The number of fused-ring (bicyclic) bond motifs is 1. The highest BCUT2D eigenvalue weighted by atomic mass is 35.5. The molecule has 0 atom stereocenters. The van der Waals surface area contributed by atoms with Gasteiger partial charge in [-0.2, -0.15) is 9.50 Å². The summed E-state index contributed by atoms with van der Waals surface area (Å²) < 4.78 is 1.32. The topological polar surface area (TPSA) is 87.1 Å². The molecular formula is C19H17ClN6O. The molecule has 27 heavy (non-hydrogen) atoms. The number of para-hydroxylation sites is 1. The molecule has 136 valence electrons. The molecule has 0 aliphatic heterocycles. The Hall–Kier alpha value is -3.32. The van der Waals surface area contributed by atoms with Crippen LogP contribution < -0.4 is 16.2 Å². The highest BCUT2D eigenvalue weighted by molar-refractivity contribution is 6.30. The first kappa shape index (κ1) is 17.1. The summed E-state index contributed by atoms with van der Waals surface area (Å²) in [6.45, 7) is 0.990. The highest BCUT2D eigenvalue weighted by Gasteiger charge is 2.08. The number of hydrogen-bond donors (Lipinski definition) is 3. The van der Waals surface area contributed by atoms with E-state index in [4.69, 9.17) is 11.6 Å². The van der Waals surface area contributed by atoms with Gasteiger partial charge in [-0.15, -0.1) is 0 Å². The maximum atomic E-state index is 12.3. The van der Waals surface area contributed by atoms with E-state index in [0.717, 1.165) is 11.3 Å². The molecule has 3 N–H and O–H groups in total. The van der Waals surface area contributed by atoms with Crippen LogP contribution >= 0.6 is 11.6 Å². The zero-order valence-electron chi connectivity index (χ0n) is 14.3. The van der Waals surface area contributed by atoms with Gasteiger partial charge >= 0.3 is 0 Å². The predicted octanol–water partition coefficient (Wildman–Crippen LogP) is 3.30. The summed E-state index contributed by atoms with van der Waals surface area (Å²) >= 11 is 5.89. The second-order valence-electron chi connectivity index (χ2n) is 5.99. The summed E-state index contributed by atoms with van der Waals surface area (Å²) in [4.78, 5) is 21.1. The van der Waals surface area contributed by atoms with E-state index in [1.54, 1.807) is 0 Å². The SMILES string of the molecule is O=c1cc(CNc2ccccc2)nc2nc(NCc3ccc(Cl)cc3)[nH]n12. The monoisotopic (exact) mass is 380 g/mol. The van der Waals surface area contributed by atoms with E-state index in [2.05, 4.69) is 25.7 Å². The first-order chi connectivity index (χ1) is 13.2. The molecule has 7 nitrogen and oxygen atoms in total. The number of H-pyrrole nitrogens is 1. The van der Waals surface area contributed by atoms with E-state index in [9.17, 15) is 4.79 Å². The van der Waals surface area contributed by atoms with Crippen molar-refractivity contribution in [2.24, 2.45) is 0 Å². The van der Waals surface area contributed by atoms with Crippen LogP contribution in [0.5, 0.6) is 0 Å². The third-order valence-corrected chi connectivity index (χ3v) is 4.26. The molecule has 0 aliphatic carbocycles. The molecule has 0 amide bonds. The van der Waals surface area contributed by atoms with Crippen LogP contribution in [0.4, 0.5) is 11.6 Å². The van der Waals surface area contributed by atoms with Crippen molar-refractivity contribution in [2.75, 3.05) is 10.6 Å². The van der Waals surface area contributed by atoms with E-state index < -0.39 is 0 Å². The van der Waals surface area contributed by atoms with Gasteiger partial charge in [-0.3, -0.25) is 9.89 Å². The van der Waals surface area contributed by atoms with Crippen LogP contribution in [0.25, 0.3) is 5.78 Å². The Kier molecular flexibility index (Phi) is 4.76. The quantitative estimate of drug-likeness (QED) is 0.477. The van der Waals surface area contributed by atoms with Gasteiger partial charge in [0.15, 0.2) is 0 Å². The van der Waals surface area contributed by atoms with Gasteiger partial charge in [0.1, 0.15) is 0 Å². The second kappa shape index (κ2) is 7.51. The Morgan fingerprint density at radius 3 is 2.52 bits per heavy atom. The maximum Gasteiger partial charge on any atom is 0.274 e. The standard InChI is InChI=1S/C19H17ClN6O/c20-14-8-6-13(7-9-14)11-22-18-24-19-23-16(10-17(27)26(19)25-18)12-21-15-4-2-1-3-5-15/h1-10,21H,11-12H2,(H2,22,23,24,25). The maximum absolute atomic E-state index is 12.3. The van der Waals surface area contributed by atoms with E-state index in [-0.39, 0.29) is 5.56 Å². The van der Waals surface area contributed by atoms with Crippen molar-refractivity contribution in [3.8, 4) is 0 Å². The van der Waals surface area contributed by atoms with Crippen molar-refractivity contribution in [1.29, 1.82) is 0 Å². The van der Waals surface area contributed by atoms with Gasteiger partial charge < -0.3 is 10.6 Å². The summed E-state index contributed by atoms with van der Waals surface area (Å²) in [7, 11) is 0. The summed E-state index contributed by atoms with van der Waals surface area (Å²) in [6.07, 6.45) is 0. The molecular weight excluding hydrogens is 364 g/mol. The van der Waals surface area contributed by atoms with Crippen LogP contribution in [0.1, 0.15) is 11.3 Å². The van der Waals surface area contributed by atoms with Crippen molar-refractivity contribution in [3.05, 3.63) is 87.3 Å². The lowest BCUT2D eigenvalue weighted by Crippen LogP contribution is -2.17. The van der Waals surface area contributed by atoms with Crippen LogP contribution in [0.15, 0.2) is 65.5 Å². The Balaban J connectivity index is 1.49. The molecule has 0 unspecified atom stereocenters. The summed E-state index contributed by atoms with van der Waals surface area (Å²) in [5.74, 6) is 0.800. The van der Waals surface area contributed by atoms with Crippen LogP contribution in [0, 0.1) is 0 Å². The Bertz CT molecular complexity index is 1100. The van der Waals surface area contributed by atoms with E-state index >= 15 is 0 Å². The number of rotatable bonds is 6. The molecule has 8 heteroatoms. The first-order valence-electron chi connectivity index (χ1n) is 8.43.